The van der Waals surface area contributed by atoms with E-state index in [4.69, 9.17) is 0 Å². The quantitative estimate of drug-likeness (QED) is 0.639. The fraction of sp³-hybridized carbons (Fsp3) is 0.214. The molecule has 100 valence electrons. The van der Waals surface area contributed by atoms with E-state index in [9.17, 15) is 4.39 Å². The summed E-state index contributed by atoms with van der Waals surface area (Å²) in [6.07, 6.45) is 5.86. The van der Waals surface area contributed by atoms with Gasteiger partial charge in [0.2, 0.25) is 0 Å². The Morgan fingerprint density at radius 2 is 2.15 bits per heavy atom. The molecule has 0 atom stereocenters. The van der Waals surface area contributed by atoms with Crippen LogP contribution in [0.2, 0.25) is 0 Å². The van der Waals surface area contributed by atoms with E-state index in [2.05, 4.69) is 19.7 Å². The van der Waals surface area contributed by atoms with Crippen molar-refractivity contribution in [2.24, 2.45) is 0 Å². The van der Waals surface area contributed by atoms with Crippen molar-refractivity contribution in [3.63, 3.8) is 0 Å². The van der Waals surface area contributed by atoms with Crippen LogP contribution in [0.5, 0.6) is 0 Å². The summed E-state index contributed by atoms with van der Waals surface area (Å²) < 4.78 is 16.1. The Kier molecular flexibility index (Phi) is 2.73. The van der Waals surface area contributed by atoms with Gasteiger partial charge in [0, 0.05) is 15.2 Å². The Bertz CT molecular complexity index is 810. The van der Waals surface area contributed by atoms with E-state index in [1.807, 2.05) is 35.0 Å². The van der Waals surface area contributed by atoms with Crippen LogP contribution in [0.4, 0.5) is 4.39 Å². The van der Waals surface area contributed by atoms with Crippen LogP contribution in [0.3, 0.4) is 0 Å². The van der Waals surface area contributed by atoms with Crippen LogP contribution < -0.4 is 0 Å². The number of nitrogens with zero attached hydrogens (tertiary/aromatic N) is 4. The first-order chi connectivity index (χ1) is 9.74. The number of hydrogen-bond donors (Lipinski definition) is 0. The van der Waals surface area contributed by atoms with E-state index in [0.29, 0.717) is 9.61 Å². The van der Waals surface area contributed by atoms with Gasteiger partial charge in [-0.25, -0.2) is 9.37 Å². The third-order valence-electron chi connectivity index (χ3n) is 3.53. The highest BCUT2D eigenvalue weighted by molar-refractivity contribution is 14.1. The normalized spacial score (nSPS) is 14.9. The first kappa shape index (κ1) is 12.2. The van der Waals surface area contributed by atoms with Gasteiger partial charge in [-0.1, -0.05) is 6.07 Å². The molecule has 2 heterocycles. The van der Waals surface area contributed by atoms with Crippen LogP contribution >= 0.6 is 22.6 Å². The van der Waals surface area contributed by atoms with Crippen molar-refractivity contribution in [3.05, 3.63) is 40.1 Å². The van der Waals surface area contributed by atoms with Crippen LogP contribution in [0.1, 0.15) is 18.9 Å². The van der Waals surface area contributed by atoms with Crippen molar-refractivity contribution < 1.29 is 4.39 Å². The molecule has 1 aromatic carbocycles. The molecule has 4 nitrogen and oxygen atoms in total. The molecule has 1 fully saturated rings. The minimum Gasteiger partial charge on any atom is -0.311 e. The molecule has 0 N–H and O–H groups in total. The number of rotatable bonds is 2. The lowest BCUT2D eigenvalue weighted by Crippen LogP contribution is -1.95. The zero-order chi connectivity index (χ0) is 13.7. The largest absolute Gasteiger partial charge is 0.311 e. The molecule has 20 heavy (non-hydrogen) atoms. The first-order valence-corrected chi connectivity index (χ1v) is 7.45. The number of imidazole rings is 1. The molecule has 1 aliphatic rings. The van der Waals surface area contributed by atoms with Gasteiger partial charge in [-0.05, 0) is 53.1 Å². The summed E-state index contributed by atoms with van der Waals surface area (Å²) in [5.74, 6) is -0.212. The lowest BCUT2D eigenvalue weighted by molar-refractivity contribution is 0.620. The number of fused-ring (bicyclic) bond motifs is 1. The van der Waals surface area contributed by atoms with Gasteiger partial charge in [0.25, 0.3) is 0 Å². The molecule has 0 unspecified atom stereocenters. The molecule has 6 heteroatoms. The first-order valence-electron chi connectivity index (χ1n) is 6.37. The van der Waals surface area contributed by atoms with Crippen LogP contribution in [-0.4, -0.2) is 19.7 Å². The second-order valence-electron chi connectivity index (χ2n) is 4.94. The van der Waals surface area contributed by atoms with Crippen LogP contribution in [0.15, 0.2) is 30.7 Å². The van der Waals surface area contributed by atoms with Gasteiger partial charge in [0.1, 0.15) is 11.3 Å². The summed E-state index contributed by atoms with van der Waals surface area (Å²) >= 11 is 1.99. The van der Waals surface area contributed by atoms with Crippen molar-refractivity contribution in [2.75, 3.05) is 0 Å². The predicted molar refractivity (Wildman–Crippen MR) is 81.7 cm³/mol. The Balaban J connectivity index is 1.92. The van der Waals surface area contributed by atoms with E-state index < -0.39 is 0 Å². The van der Waals surface area contributed by atoms with Crippen molar-refractivity contribution >= 4 is 33.8 Å². The maximum atomic E-state index is 13.4. The Labute approximate surface area is 128 Å². The molecule has 1 saturated carbocycles. The molecule has 0 aliphatic heterocycles. The third kappa shape index (κ3) is 1.90. The highest BCUT2D eigenvalue weighted by Crippen LogP contribution is 2.37. The molecule has 1 aliphatic carbocycles. The smallest absolute Gasteiger partial charge is 0.183 e. The van der Waals surface area contributed by atoms with Gasteiger partial charge >= 0.3 is 0 Å². The van der Waals surface area contributed by atoms with Gasteiger partial charge < -0.3 is 4.57 Å². The zero-order valence-corrected chi connectivity index (χ0v) is 12.6. The van der Waals surface area contributed by atoms with E-state index in [1.54, 1.807) is 12.3 Å². The van der Waals surface area contributed by atoms with E-state index >= 15 is 0 Å². The lowest BCUT2D eigenvalue weighted by Gasteiger charge is -2.04. The highest BCUT2D eigenvalue weighted by atomic mass is 127. The number of aromatic nitrogens is 4. The zero-order valence-electron chi connectivity index (χ0n) is 10.4. The summed E-state index contributed by atoms with van der Waals surface area (Å²) in [5.41, 5.74) is 3.45. The molecule has 0 saturated heterocycles. The average molecular weight is 380 g/mol. The van der Waals surface area contributed by atoms with Crippen molar-refractivity contribution in [2.45, 2.75) is 18.9 Å². The minimum absolute atomic E-state index is 0.212. The fourth-order valence-electron chi connectivity index (χ4n) is 2.34. The molecular formula is C14H10FIN4. The van der Waals surface area contributed by atoms with Gasteiger partial charge in [0.05, 0.1) is 12.5 Å². The van der Waals surface area contributed by atoms with Gasteiger partial charge in [-0.15, -0.1) is 5.10 Å². The van der Waals surface area contributed by atoms with E-state index in [0.717, 1.165) is 22.3 Å². The second kappa shape index (κ2) is 4.47. The van der Waals surface area contributed by atoms with Gasteiger partial charge in [-0.2, -0.15) is 5.10 Å². The molecule has 2 aromatic heterocycles. The van der Waals surface area contributed by atoms with Crippen LogP contribution in [0, 0.1) is 9.39 Å². The van der Waals surface area contributed by atoms with Gasteiger partial charge in [-0.3, -0.25) is 0 Å². The second-order valence-corrected chi connectivity index (χ2v) is 6.10. The Hall–Kier alpha value is -1.57. The predicted octanol–water partition coefficient (Wildman–Crippen LogP) is 3.57. The highest BCUT2D eigenvalue weighted by Gasteiger charge is 2.26. The van der Waals surface area contributed by atoms with Crippen molar-refractivity contribution in [1.29, 1.82) is 0 Å². The molecule has 0 radical (unpaired) electrons. The molecule has 0 amide bonds. The van der Waals surface area contributed by atoms with Crippen molar-refractivity contribution in [3.8, 4) is 11.1 Å². The maximum absolute atomic E-state index is 13.4. The van der Waals surface area contributed by atoms with Crippen LogP contribution in [0.25, 0.3) is 22.3 Å². The monoisotopic (exact) mass is 380 g/mol. The summed E-state index contributed by atoms with van der Waals surface area (Å²) in [7, 11) is 0. The Morgan fingerprint density at radius 1 is 1.30 bits per heavy atom. The topological polar surface area (TPSA) is 43.6 Å². The van der Waals surface area contributed by atoms with Crippen LogP contribution in [-0.2, 0) is 0 Å². The average Bonchev–Trinajstić information content (AvgIpc) is 3.21. The van der Waals surface area contributed by atoms with Gasteiger partial charge in [0.15, 0.2) is 5.65 Å². The minimum atomic E-state index is -0.212. The maximum Gasteiger partial charge on any atom is 0.183 e. The number of hydrogen-bond acceptors (Lipinski definition) is 3. The number of benzene rings is 1. The molecular weight excluding hydrogens is 370 g/mol. The lowest BCUT2D eigenvalue weighted by atomic mass is 10.1. The molecule has 0 bridgehead atoms. The number of halogens is 2. The summed E-state index contributed by atoms with van der Waals surface area (Å²) in [6.45, 7) is 0. The molecule has 4 rings (SSSR count). The molecule has 0 spiro atoms. The van der Waals surface area contributed by atoms with E-state index in [-0.39, 0.29) is 5.82 Å². The summed E-state index contributed by atoms with van der Waals surface area (Å²) in [5, 5.41) is 8.28. The fourth-order valence-corrected chi connectivity index (χ4v) is 2.86. The molecule has 3 aromatic rings. The third-order valence-corrected chi connectivity index (χ3v) is 4.36. The SMILES string of the molecule is Fc1ccc(-c2cnnc3c2ncn3C2CC2)cc1I. The standard InChI is InChI=1S/C14H10FIN4/c15-11-4-1-8(5-12(11)16)10-6-18-19-14-13(10)17-7-20(14)9-2-3-9/h1,4-7,9H,2-3H2. The van der Waals surface area contributed by atoms with Crippen molar-refractivity contribution in [1.82, 2.24) is 19.7 Å². The Morgan fingerprint density at radius 3 is 2.90 bits per heavy atom. The summed E-state index contributed by atoms with van der Waals surface area (Å²) in [6, 6.07) is 5.55. The van der Waals surface area contributed by atoms with E-state index in [1.165, 1.54) is 18.9 Å². The summed E-state index contributed by atoms with van der Waals surface area (Å²) in [4.78, 5) is 4.47.